The summed E-state index contributed by atoms with van der Waals surface area (Å²) in [6.07, 6.45) is 2.27. The van der Waals surface area contributed by atoms with Crippen LogP contribution in [0.25, 0.3) is 11.0 Å². The number of nitrogens with zero attached hydrogens (tertiary/aromatic N) is 4. The van der Waals surface area contributed by atoms with Crippen LogP contribution < -0.4 is 5.32 Å². The first kappa shape index (κ1) is 11.5. The molecule has 1 aliphatic rings. The minimum Gasteiger partial charge on any atom is -0.324 e. The molecule has 100 valence electrons. The van der Waals surface area contributed by atoms with Crippen molar-refractivity contribution in [3.05, 3.63) is 34.8 Å². The van der Waals surface area contributed by atoms with Crippen molar-refractivity contribution in [2.24, 2.45) is 7.05 Å². The Morgan fingerprint density at radius 2 is 2.35 bits per heavy atom. The number of carbonyl (C=O) groups is 1. The Morgan fingerprint density at radius 3 is 3.15 bits per heavy atom. The van der Waals surface area contributed by atoms with Gasteiger partial charge in [-0.3, -0.25) is 4.79 Å². The van der Waals surface area contributed by atoms with E-state index < -0.39 is 0 Å². The second-order valence-electron chi connectivity index (χ2n) is 4.87. The third-order valence-electron chi connectivity index (χ3n) is 3.70. The summed E-state index contributed by atoms with van der Waals surface area (Å²) in [5.41, 5.74) is 4.59. The van der Waals surface area contributed by atoms with Crippen molar-refractivity contribution < 1.29 is 4.79 Å². The molecule has 1 aliphatic heterocycles. The number of fused-ring (bicyclic) bond motifs is 3. The van der Waals surface area contributed by atoms with Gasteiger partial charge in [0.1, 0.15) is 5.52 Å². The summed E-state index contributed by atoms with van der Waals surface area (Å²) >= 11 is 1.40. The Labute approximate surface area is 118 Å². The van der Waals surface area contributed by atoms with Crippen LogP contribution in [0.3, 0.4) is 0 Å². The maximum absolute atomic E-state index is 12.0. The van der Waals surface area contributed by atoms with Gasteiger partial charge in [0.2, 0.25) is 5.91 Å². The summed E-state index contributed by atoms with van der Waals surface area (Å²) in [4.78, 5) is 12.0. The first-order valence-electron chi connectivity index (χ1n) is 6.25. The van der Waals surface area contributed by atoms with Crippen molar-refractivity contribution in [1.82, 2.24) is 19.4 Å². The van der Waals surface area contributed by atoms with Gasteiger partial charge in [0.05, 0.1) is 11.2 Å². The minimum absolute atomic E-state index is 0.00635. The fourth-order valence-electron chi connectivity index (χ4n) is 2.71. The molecule has 0 aliphatic carbocycles. The zero-order valence-corrected chi connectivity index (χ0v) is 11.5. The molecule has 4 rings (SSSR count). The molecule has 0 fully saturated rings. The first-order chi connectivity index (χ1) is 9.74. The highest BCUT2D eigenvalue weighted by Gasteiger charge is 2.29. The Balaban J connectivity index is 1.97. The largest absolute Gasteiger partial charge is 0.324 e. The summed E-state index contributed by atoms with van der Waals surface area (Å²) in [6.45, 7) is 0. The SMILES string of the molecule is Cn1nnc2c3c(ccc21)C(c1cnsc1)CC(=O)N3. The second-order valence-corrected chi connectivity index (χ2v) is 5.53. The smallest absolute Gasteiger partial charge is 0.225 e. The number of rotatable bonds is 1. The molecule has 1 unspecified atom stereocenters. The molecule has 1 N–H and O–H groups in total. The van der Waals surface area contributed by atoms with Crippen LogP contribution >= 0.6 is 11.5 Å². The number of aryl methyl sites for hydroxylation is 1. The Morgan fingerprint density at radius 1 is 1.45 bits per heavy atom. The lowest BCUT2D eigenvalue weighted by Crippen LogP contribution is -2.23. The maximum Gasteiger partial charge on any atom is 0.225 e. The molecule has 6 nitrogen and oxygen atoms in total. The standard InChI is InChI=1S/C13H11N5OS/c1-18-10-3-2-8-9(7-5-14-20-6-7)4-11(19)15-12(8)13(10)16-17-18/h2-3,5-6,9H,4H2,1H3,(H,15,19). The molecule has 0 radical (unpaired) electrons. The molecule has 3 aromatic rings. The third-order valence-corrected chi connectivity index (χ3v) is 4.30. The van der Waals surface area contributed by atoms with Gasteiger partial charge < -0.3 is 5.32 Å². The molecule has 2 aromatic heterocycles. The van der Waals surface area contributed by atoms with Gasteiger partial charge in [-0.1, -0.05) is 11.3 Å². The molecular weight excluding hydrogens is 274 g/mol. The van der Waals surface area contributed by atoms with Crippen molar-refractivity contribution in [3.63, 3.8) is 0 Å². The Bertz CT molecular complexity index is 808. The number of aromatic nitrogens is 4. The molecule has 0 bridgehead atoms. The number of carbonyl (C=O) groups excluding carboxylic acids is 1. The monoisotopic (exact) mass is 285 g/mol. The maximum atomic E-state index is 12.0. The highest BCUT2D eigenvalue weighted by atomic mass is 32.1. The predicted octanol–water partition coefficient (Wildman–Crippen LogP) is 1.90. The zero-order valence-electron chi connectivity index (χ0n) is 10.7. The zero-order chi connectivity index (χ0) is 13.7. The fraction of sp³-hybridized carbons (Fsp3) is 0.231. The molecule has 1 atom stereocenters. The molecule has 0 saturated heterocycles. The topological polar surface area (TPSA) is 72.7 Å². The van der Waals surface area contributed by atoms with Crippen LogP contribution in [0.15, 0.2) is 23.7 Å². The van der Waals surface area contributed by atoms with E-state index in [9.17, 15) is 4.79 Å². The van der Waals surface area contributed by atoms with Gasteiger partial charge in [-0.05, 0) is 28.7 Å². The average molecular weight is 285 g/mol. The van der Waals surface area contributed by atoms with Crippen LogP contribution in [-0.4, -0.2) is 25.3 Å². The van der Waals surface area contributed by atoms with Gasteiger partial charge in [0, 0.05) is 31.0 Å². The molecule has 0 saturated carbocycles. The minimum atomic E-state index is 0.00635. The van der Waals surface area contributed by atoms with Crippen molar-refractivity contribution >= 4 is 34.2 Å². The van der Waals surface area contributed by atoms with Gasteiger partial charge >= 0.3 is 0 Å². The van der Waals surface area contributed by atoms with E-state index in [1.54, 1.807) is 4.68 Å². The van der Waals surface area contributed by atoms with Crippen LogP contribution in [0, 0.1) is 0 Å². The van der Waals surface area contributed by atoms with Gasteiger partial charge in [-0.25, -0.2) is 9.06 Å². The molecule has 20 heavy (non-hydrogen) atoms. The fourth-order valence-corrected chi connectivity index (χ4v) is 3.30. The van der Waals surface area contributed by atoms with Crippen LogP contribution in [0.5, 0.6) is 0 Å². The third kappa shape index (κ3) is 1.56. The second kappa shape index (κ2) is 4.11. The molecular formula is C13H11N5OS. The van der Waals surface area contributed by atoms with Gasteiger partial charge in [-0.15, -0.1) is 5.10 Å². The summed E-state index contributed by atoms with van der Waals surface area (Å²) in [5, 5.41) is 13.1. The quantitative estimate of drug-likeness (QED) is 0.741. The van der Waals surface area contributed by atoms with E-state index in [1.165, 1.54) is 11.5 Å². The lowest BCUT2D eigenvalue weighted by molar-refractivity contribution is -0.116. The Hall–Kier alpha value is -2.28. The summed E-state index contributed by atoms with van der Waals surface area (Å²) < 4.78 is 5.85. The molecule has 7 heteroatoms. The van der Waals surface area contributed by atoms with Crippen LogP contribution in [-0.2, 0) is 11.8 Å². The number of anilines is 1. The number of hydrogen-bond donors (Lipinski definition) is 1. The molecule has 3 heterocycles. The normalized spacial score (nSPS) is 18.1. The van der Waals surface area contributed by atoms with Crippen molar-refractivity contribution in [1.29, 1.82) is 0 Å². The molecule has 1 amide bonds. The van der Waals surface area contributed by atoms with E-state index in [0.29, 0.717) is 6.42 Å². The predicted molar refractivity (Wildman–Crippen MR) is 75.7 cm³/mol. The van der Waals surface area contributed by atoms with Gasteiger partial charge in [0.25, 0.3) is 0 Å². The van der Waals surface area contributed by atoms with E-state index in [4.69, 9.17) is 0 Å². The number of amides is 1. The lowest BCUT2D eigenvalue weighted by atomic mass is 9.86. The van der Waals surface area contributed by atoms with E-state index >= 15 is 0 Å². The molecule has 1 aromatic carbocycles. The molecule has 0 spiro atoms. The highest BCUT2D eigenvalue weighted by Crippen LogP contribution is 2.40. The van der Waals surface area contributed by atoms with E-state index in [-0.39, 0.29) is 11.8 Å². The summed E-state index contributed by atoms with van der Waals surface area (Å²) in [7, 11) is 1.84. The lowest BCUT2D eigenvalue weighted by Gasteiger charge is -2.24. The average Bonchev–Trinajstić information content (AvgIpc) is 3.08. The number of nitrogens with one attached hydrogen (secondary N) is 1. The van der Waals surface area contributed by atoms with Gasteiger partial charge in [0.15, 0.2) is 0 Å². The first-order valence-corrected chi connectivity index (χ1v) is 7.09. The highest BCUT2D eigenvalue weighted by molar-refractivity contribution is 7.03. The van der Waals surface area contributed by atoms with Crippen LogP contribution in [0.1, 0.15) is 23.5 Å². The Kier molecular flexibility index (Phi) is 2.37. The number of benzene rings is 1. The van der Waals surface area contributed by atoms with Crippen molar-refractivity contribution in [3.8, 4) is 0 Å². The van der Waals surface area contributed by atoms with Crippen LogP contribution in [0.2, 0.25) is 0 Å². The van der Waals surface area contributed by atoms with Crippen molar-refractivity contribution in [2.45, 2.75) is 12.3 Å². The summed E-state index contributed by atoms with van der Waals surface area (Å²) in [5.74, 6) is 0.0516. The van der Waals surface area contributed by atoms with E-state index in [1.807, 2.05) is 30.8 Å². The summed E-state index contributed by atoms with van der Waals surface area (Å²) in [6, 6.07) is 4.04. The van der Waals surface area contributed by atoms with Crippen molar-refractivity contribution in [2.75, 3.05) is 5.32 Å². The van der Waals surface area contributed by atoms with Crippen LogP contribution in [0.4, 0.5) is 5.69 Å². The number of hydrogen-bond acceptors (Lipinski definition) is 5. The van der Waals surface area contributed by atoms with Gasteiger partial charge in [-0.2, -0.15) is 0 Å². The van der Waals surface area contributed by atoms with E-state index in [2.05, 4.69) is 20.0 Å². The van der Waals surface area contributed by atoms with E-state index in [0.717, 1.165) is 27.8 Å².